The Morgan fingerprint density at radius 2 is 2.00 bits per heavy atom. The molecule has 0 bridgehead atoms. The van der Waals surface area contributed by atoms with E-state index in [1.807, 2.05) is 0 Å². The number of nitrogens with two attached hydrogens (primary N) is 1. The standard InChI is InChI=1S/C18H16FN3O3/c1-11(17(20)23)22-10-21-16-8-14(6-7-15(16)18(22)24)25-9-12-2-4-13(19)5-3-12/h2-8,10-11H,9H2,1H3,(H2,20,23). The second-order valence-electron chi connectivity index (χ2n) is 5.63. The van der Waals surface area contributed by atoms with Crippen LogP contribution in [0.5, 0.6) is 5.75 Å². The van der Waals surface area contributed by atoms with Crippen LogP contribution in [0, 0.1) is 5.82 Å². The van der Waals surface area contributed by atoms with Crippen LogP contribution in [0.1, 0.15) is 18.5 Å². The van der Waals surface area contributed by atoms with Crippen LogP contribution in [-0.4, -0.2) is 15.5 Å². The maximum absolute atomic E-state index is 12.9. The molecule has 0 aliphatic rings. The van der Waals surface area contributed by atoms with Crippen molar-refractivity contribution in [1.82, 2.24) is 9.55 Å². The third kappa shape index (κ3) is 3.50. The molecule has 3 rings (SSSR count). The molecular formula is C18H16FN3O3. The molecule has 1 atom stereocenters. The van der Waals surface area contributed by atoms with Crippen molar-refractivity contribution >= 4 is 16.8 Å². The van der Waals surface area contributed by atoms with Gasteiger partial charge in [0.25, 0.3) is 5.56 Å². The highest BCUT2D eigenvalue weighted by molar-refractivity contribution is 5.81. The predicted molar refractivity (Wildman–Crippen MR) is 90.6 cm³/mol. The van der Waals surface area contributed by atoms with Gasteiger partial charge >= 0.3 is 0 Å². The van der Waals surface area contributed by atoms with E-state index in [0.29, 0.717) is 16.7 Å². The van der Waals surface area contributed by atoms with Crippen molar-refractivity contribution in [3.8, 4) is 5.75 Å². The van der Waals surface area contributed by atoms with Crippen molar-refractivity contribution in [3.05, 3.63) is 70.5 Å². The first-order chi connectivity index (χ1) is 12.0. The fourth-order valence-corrected chi connectivity index (χ4v) is 2.37. The molecule has 0 saturated heterocycles. The highest BCUT2D eigenvalue weighted by atomic mass is 19.1. The monoisotopic (exact) mass is 341 g/mol. The van der Waals surface area contributed by atoms with Crippen LogP contribution in [-0.2, 0) is 11.4 Å². The van der Waals surface area contributed by atoms with Gasteiger partial charge in [0.05, 0.1) is 17.2 Å². The third-order valence-electron chi connectivity index (χ3n) is 3.90. The summed E-state index contributed by atoms with van der Waals surface area (Å²) >= 11 is 0. The van der Waals surface area contributed by atoms with Gasteiger partial charge < -0.3 is 10.5 Å². The molecule has 1 unspecified atom stereocenters. The first kappa shape index (κ1) is 16.6. The molecule has 0 spiro atoms. The van der Waals surface area contributed by atoms with Crippen molar-refractivity contribution in [2.45, 2.75) is 19.6 Å². The van der Waals surface area contributed by atoms with Crippen LogP contribution in [0.15, 0.2) is 53.6 Å². The molecule has 7 heteroatoms. The first-order valence-corrected chi connectivity index (χ1v) is 7.63. The molecule has 0 saturated carbocycles. The molecule has 2 N–H and O–H groups in total. The second kappa shape index (κ2) is 6.72. The Kier molecular flexibility index (Phi) is 4.47. The number of hydrogen-bond donors (Lipinski definition) is 1. The molecule has 128 valence electrons. The Morgan fingerprint density at radius 1 is 1.28 bits per heavy atom. The minimum atomic E-state index is -0.779. The summed E-state index contributed by atoms with van der Waals surface area (Å²) in [4.78, 5) is 27.9. The highest BCUT2D eigenvalue weighted by Gasteiger charge is 2.14. The summed E-state index contributed by atoms with van der Waals surface area (Å²) in [6.45, 7) is 1.80. The van der Waals surface area contributed by atoms with E-state index in [0.717, 1.165) is 5.56 Å². The molecule has 0 aliphatic heterocycles. The van der Waals surface area contributed by atoms with Crippen LogP contribution >= 0.6 is 0 Å². The number of fused-ring (bicyclic) bond motifs is 1. The van der Waals surface area contributed by atoms with E-state index in [2.05, 4.69) is 4.98 Å². The quantitative estimate of drug-likeness (QED) is 0.770. The third-order valence-corrected chi connectivity index (χ3v) is 3.90. The van der Waals surface area contributed by atoms with Crippen LogP contribution in [0.4, 0.5) is 4.39 Å². The van der Waals surface area contributed by atoms with Gasteiger partial charge in [-0.05, 0) is 36.8 Å². The van der Waals surface area contributed by atoms with Crippen LogP contribution < -0.4 is 16.0 Å². The Hall–Kier alpha value is -3.22. The molecule has 2 aromatic carbocycles. The molecule has 1 amide bonds. The Bertz CT molecular complexity index is 983. The Balaban J connectivity index is 1.85. The summed E-state index contributed by atoms with van der Waals surface area (Å²) in [6, 6.07) is 10.1. The number of aromatic nitrogens is 2. The Morgan fingerprint density at radius 3 is 2.68 bits per heavy atom. The average molecular weight is 341 g/mol. The van der Waals surface area contributed by atoms with Crippen LogP contribution in [0.25, 0.3) is 10.9 Å². The number of carbonyl (C=O) groups is 1. The van der Waals surface area contributed by atoms with E-state index in [1.54, 1.807) is 30.3 Å². The number of benzene rings is 2. The van der Waals surface area contributed by atoms with Gasteiger partial charge in [0.1, 0.15) is 24.2 Å². The largest absolute Gasteiger partial charge is 0.489 e. The van der Waals surface area contributed by atoms with Crippen molar-refractivity contribution in [2.75, 3.05) is 0 Å². The lowest BCUT2D eigenvalue weighted by atomic mass is 10.2. The minimum Gasteiger partial charge on any atom is -0.489 e. The van der Waals surface area contributed by atoms with Gasteiger partial charge in [-0.2, -0.15) is 0 Å². The smallest absolute Gasteiger partial charge is 0.261 e. The first-order valence-electron chi connectivity index (χ1n) is 7.63. The lowest BCUT2D eigenvalue weighted by molar-refractivity contribution is -0.120. The van der Waals surface area contributed by atoms with Crippen molar-refractivity contribution in [3.63, 3.8) is 0 Å². The number of amides is 1. The topological polar surface area (TPSA) is 87.2 Å². The zero-order valence-electron chi connectivity index (χ0n) is 13.5. The number of rotatable bonds is 5. The predicted octanol–water partition coefficient (Wildman–Crippen LogP) is 2.16. The van der Waals surface area contributed by atoms with Crippen LogP contribution in [0.2, 0.25) is 0 Å². The van der Waals surface area contributed by atoms with Gasteiger partial charge in [-0.15, -0.1) is 0 Å². The number of halogens is 1. The molecule has 1 aromatic heterocycles. The summed E-state index contributed by atoms with van der Waals surface area (Å²) in [7, 11) is 0. The molecule has 0 aliphatic carbocycles. The number of hydrogen-bond acceptors (Lipinski definition) is 4. The lowest BCUT2D eigenvalue weighted by Gasteiger charge is -2.12. The zero-order valence-corrected chi connectivity index (χ0v) is 13.5. The van der Waals surface area contributed by atoms with Crippen molar-refractivity contribution in [1.29, 1.82) is 0 Å². The van der Waals surface area contributed by atoms with E-state index in [1.165, 1.54) is 30.0 Å². The zero-order chi connectivity index (χ0) is 18.0. The SMILES string of the molecule is CC(C(N)=O)n1cnc2cc(OCc3ccc(F)cc3)ccc2c1=O. The highest BCUT2D eigenvalue weighted by Crippen LogP contribution is 2.18. The summed E-state index contributed by atoms with van der Waals surface area (Å²) in [5, 5.41) is 0.365. The molecule has 6 nitrogen and oxygen atoms in total. The molecule has 25 heavy (non-hydrogen) atoms. The van der Waals surface area contributed by atoms with E-state index in [-0.39, 0.29) is 18.0 Å². The van der Waals surface area contributed by atoms with Gasteiger partial charge in [0, 0.05) is 6.07 Å². The summed E-state index contributed by atoms with van der Waals surface area (Å²) in [5.41, 5.74) is 6.17. The number of nitrogens with zero attached hydrogens (tertiary/aromatic N) is 2. The van der Waals surface area contributed by atoms with Crippen molar-refractivity contribution in [2.24, 2.45) is 5.73 Å². The molecular weight excluding hydrogens is 325 g/mol. The van der Waals surface area contributed by atoms with E-state index in [9.17, 15) is 14.0 Å². The Labute approximate surface area is 142 Å². The molecule has 0 radical (unpaired) electrons. The van der Waals surface area contributed by atoms with Gasteiger partial charge in [-0.3, -0.25) is 14.2 Å². The number of ether oxygens (including phenoxy) is 1. The van der Waals surface area contributed by atoms with Crippen molar-refractivity contribution < 1.29 is 13.9 Å². The fourth-order valence-electron chi connectivity index (χ4n) is 2.37. The minimum absolute atomic E-state index is 0.265. The summed E-state index contributed by atoms with van der Waals surface area (Å²) in [6.07, 6.45) is 1.30. The molecule has 3 aromatic rings. The average Bonchev–Trinajstić information content (AvgIpc) is 2.61. The van der Waals surface area contributed by atoms with E-state index < -0.39 is 11.9 Å². The van der Waals surface area contributed by atoms with E-state index >= 15 is 0 Å². The van der Waals surface area contributed by atoms with E-state index in [4.69, 9.17) is 10.5 Å². The fraction of sp³-hybridized carbons (Fsp3) is 0.167. The summed E-state index contributed by atoms with van der Waals surface area (Å²) < 4.78 is 19.7. The molecule has 1 heterocycles. The number of primary amides is 1. The maximum atomic E-state index is 12.9. The van der Waals surface area contributed by atoms with Gasteiger partial charge in [0.15, 0.2) is 0 Å². The van der Waals surface area contributed by atoms with Gasteiger partial charge in [-0.25, -0.2) is 9.37 Å². The normalized spacial score (nSPS) is 12.1. The lowest BCUT2D eigenvalue weighted by Crippen LogP contribution is -2.32. The van der Waals surface area contributed by atoms with Gasteiger partial charge in [-0.1, -0.05) is 12.1 Å². The number of carbonyl (C=O) groups excluding carboxylic acids is 1. The van der Waals surface area contributed by atoms with Gasteiger partial charge in [0.2, 0.25) is 5.91 Å². The second-order valence-corrected chi connectivity index (χ2v) is 5.63. The summed E-state index contributed by atoms with van der Waals surface area (Å²) in [5.74, 6) is -0.382. The molecule has 0 fully saturated rings. The maximum Gasteiger partial charge on any atom is 0.261 e. The van der Waals surface area contributed by atoms with Crippen LogP contribution in [0.3, 0.4) is 0 Å².